The second-order valence-electron chi connectivity index (χ2n) is 3.98. The minimum atomic E-state index is -0.0561. The summed E-state index contributed by atoms with van der Waals surface area (Å²) < 4.78 is 0. The highest BCUT2D eigenvalue weighted by Gasteiger charge is 2.21. The fraction of sp³-hybridized carbons (Fsp3) is 0.800. The van der Waals surface area contributed by atoms with Gasteiger partial charge in [0.1, 0.15) is 0 Å². The minimum Gasteiger partial charge on any atom is -0.354 e. The van der Waals surface area contributed by atoms with Crippen molar-refractivity contribution in [1.82, 2.24) is 15.5 Å². The first kappa shape index (κ1) is 15.2. The predicted octanol–water partition coefficient (Wildman–Crippen LogP) is -0.245. The number of hydrogen-bond donors (Lipinski definition) is 2. The van der Waals surface area contributed by atoms with E-state index in [1.54, 1.807) is 14.1 Å². The molecule has 5 nitrogen and oxygen atoms in total. The lowest BCUT2D eigenvalue weighted by Gasteiger charge is -2.12. The number of nitrogens with zero attached hydrogens (tertiary/aromatic N) is 1. The van der Waals surface area contributed by atoms with Crippen LogP contribution in [0.3, 0.4) is 0 Å². The quantitative estimate of drug-likeness (QED) is 0.723. The van der Waals surface area contributed by atoms with E-state index in [1.165, 1.54) is 4.90 Å². The van der Waals surface area contributed by atoms with E-state index in [2.05, 4.69) is 10.6 Å². The van der Waals surface area contributed by atoms with Crippen LogP contribution in [0.4, 0.5) is 0 Å². The summed E-state index contributed by atoms with van der Waals surface area (Å²) in [7, 11) is 3.42. The number of halogens is 1. The van der Waals surface area contributed by atoms with Crippen molar-refractivity contribution < 1.29 is 9.59 Å². The maximum Gasteiger partial charge on any atom is 0.237 e. The van der Waals surface area contributed by atoms with Crippen LogP contribution in [0.25, 0.3) is 0 Å². The zero-order valence-electron chi connectivity index (χ0n) is 9.78. The molecule has 1 fully saturated rings. The van der Waals surface area contributed by atoms with Gasteiger partial charge in [-0.25, -0.2) is 0 Å². The first-order valence-corrected chi connectivity index (χ1v) is 5.32. The molecule has 94 valence electrons. The molecule has 0 aliphatic carbocycles. The lowest BCUT2D eigenvalue weighted by Crippen LogP contribution is -2.41. The topological polar surface area (TPSA) is 61.4 Å². The van der Waals surface area contributed by atoms with E-state index >= 15 is 0 Å². The van der Waals surface area contributed by atoms with Crippen LogP contribution in [0.15, 0.2) is 0 Å². The summed E-state index contributed by atoms with van der Waals surface area (Å²) in [5.74, 6) is 0.0498. The van der Waals surface area contributed by atoms with Crippen molar-refractivity contribution >= 4 is 24.2 Å². The molecule has 1 rings (SSSR count). The van der Waals surface area contributed by atoms with Crippen LogP contribution >= 0.6 is 12.4 Å². The van der Waals surface area contributed by atoms with E-state index in [-0.39, 0.29) is 30.3 Å². The van der Waals surface area contributed by atoms with Crippen LogP contribution in [0, 0.1) is 0 Å². The fourth-order valence-electron chi connectivity index (χ4n) is 1.55. The highest BCUT2D eigenvalue weighted by molar-refractivity contribution is 5.85. The number of amides is 2. The Morgan fingerprint density at radius 1 is 1.44 bits per heavy atom. The summed E-state index contributed by atoms with van der Waals surface area (Å²) in [5.41, 5.74) is 0. The second kappa shape index (κ2) is 7.46. The normalized spacial score (nSPS) is 18.8. The molecule has 0 spiro atoms. The van der Waals surface area contributed by atoms with E-state index in [0.29, 0.717) is 13.0 Å². The third-order valence-corrected chi connectivity index (χ3v) is 2.51. The zero-order chi connectivity index (χ0) is 11.3. The number of carbonyl (C=O) groups is 2. The lowest BCUT2D eigenvalue weighted by molar-refractivity contribution is -0.128. The molecule has 0 aromatic carbocycles. The summed E-state index contributed by atoms with van der Waals surface area (Å²) in [6.45, 7) is 1.34. The maximum absolute atomic E-state index is 11.5. The Morgan fingerprint density at radius 3 is 2.62 bits per heavy atom. The van der Waals surface area contributed by atoms with Crippen LogP contribution in [0.2, 0.25) is 0 Å². The highest BCUT2D eigenvalue weighted by atomic mass is 35.5. The van der Waals surface area contributed by atoms with Crippen molar-refractivity contribution in [3.05, 3.63) is 0 Å². The van der Waals surface area contributed by atoms with Gasteiger partial charge in [-0.15, -0.1) is 12.4 Å². The third-order valence-electron chi connectivity index (χ3n) is 2.51. The van der Waals surface area contributed by atoms with Gasteiger partial charge < -0.3 is 15.5 Å². The number of rotatable bonds is 4. The van der Waals surface area contributed by atoms with Gasteiger partial charge in [-0.05, 0) is 19.4 Å². The Hall–Kier alpha value is -0.810. The molecule has 1 aliphatic rings. The summed E-state index contributed by atoms with van der Waals surface area (Å²) in [6.07, 6.45) is 2.31. The standard InChI is InChI=1S/C10H19N3O2.ClH/c1-13(2)9(14)5-7-12-10(15)8-4-3-6-11-8;/h8,11H,3-7H2,1-2H3,(H,12,15);1H/t8-;/m0./s1. The smallest absolute Gasteiger partial charge is 0.237 e. The molecule has 1 aliphatic heterocycles. The molecule has 0 unspecified atom stereocenters. The average molecular weight is 250 g/mol. The monoisotopic (exact) mass is 249 g/mol. The van der Waals surface area contributed by atoms with Crippen LogP contribution < -0.4 is 10.6 Å². The van der Waals surface area contributed by atoms with Gasteiger partial charge in [-0.1, -0.05) is 0 Å². The van der Waals surface area contributed by atoms with Gasteiger partial charge >= 0.3 is 0 Å². The van der Waals surface area contributed by atoms with Gasteiger partial charge in [-0.2, -0.15) is 0 Å². The molecule has 2 N–H and O–H groups in total. The summed E-state index contributed by atoms with van der Waals surface area (Å²) in [4.78, 5) is 24.2. The van der Waals surface area contributed by atoms with Crippen LogP contribution in [-0.2, 0) is 9.59 Å². The maximum atomic E-state index is 11.5. The molecule has 0 saturated carbocycles. The lowest BCUT2D eigenvalue weighted by atomic mass is 10.2. The molecule has 6 heteroatoms. The van der Waals surface area contributed by atoms with Crippen molar-refractivity contribution in [3.8, 4) is 0 Å². The van der Waals surface area contributed by atoms with Crippen LogP contribution in [0.1, 0.15) is 19.3 Å². The fourth-order valence-corrected chi connectivity index (χ4v) is 1.55. The molecule has 2 amide bonds. The van der Waals surface area contributed by atoms with E-state index in [4.69, 9.17) is 0 Å². The Bertz CT molecular complexity index is 240. The Kier molecular flexibility index (Phi) is 7.08. The Labute approximate surface area is 102 Å². The van der Waals surface area contributed by atoms with Crippen molar-refractivity contribution in [2.45, 2.75) is 25.3 Å². The molecule has 16 heavy (non-hydrogen) atoms. The van der Waals surface area contributed by atoms with Crippen molar-refractivity contribution in [1.29, 1.82) is 0 Å². The molecule has 0 bridgehead atoms. The van der Waals surface area contributed by atoms with Crippen molar-refractivity contribution in [2.24, 2.45) is 0 Å². The average Bonchev–Trinajstić information content (AvgIpc) is 2.70. The van der Waals surface area contributed by atoms with Gasteiger partial charge in [0.05, 0.1) is 6.04 Å². The van der Waals surface area contributed by atoms with Gasteiger partial charge in [0.15, 0.2) is 0 Å². The van der Waals surface area contributed by atoms with Gasteiger partial charge in [0.2, 0.25) is 11.8 Å². The Balaban J connectivity index is 0.00000225. The molecule has 0 aromatic heterocycles. The van der Waals surface area contributed by atoms with Gasteiger partial charge in [-0.3, -0.25) is 9.59 Å². The van der Waals surface area contributed by atoms with Crippen LogP contribution in [0.5, 0.6) is 0 Å². The summed E-state index contributed by atoms with van der Waals surface area (Å²) in [5, 5.41) is 5.87. The molecular weight excluding hydrogens is 230 g/mol. The molecule has 1 saturated heterocycles. The zero-order valence-corrected chi connectivity index (χ0v) is 10.6. The van der Waals surface area contributed by atoms with E-state index in [0.717, 1.165) is 19.4 Å². The summed E-state index contributed by atoms with van der Waals surface area (Å²) in [6, 6.07) is -0.0561. The molecular formula is C10H20ClN3O2. The SMILES string of the molecule is CN(C)C(=O)CCNC(=O)[C@@H]1CCCN1.Cl. The first-order valence-electron chi connectivity index (χ1n) is 5.32. The molecule has 1 atom stereocenters. The Morgan fingerprint density at radius 2 is 2.12 bits per heavy atom. The second-order valence-corrected chi connectivity index (χ2v) is 3.98. The highest BCUT2D eigenvalue weighted by Crippen LogP contribution is 2.04. The van der Waals surface area contributed by atoms with Crippen molar-refractivity contribution in [2.75, 3.05) is 27.2 Å². The first-order chi connectivity index (χ1) is 7.11. The number of nitrogens with one attached hydrogen (secondary N) is 2. The van der Waals surface area contributed by atoms with E-state index in [1.807, 2.05) is 0 Å². The van der Waals surface area contributed by atoms with E-state index < -0.39 is 0 Å². The van der Waals surface area contributed by atoms with Gasteiger partial charge in [0, 0.05) is 27.1 Å². The third kappa shape index (κ3) is 4.81. The largest absolute Gasteiger partial charge is 0.354 e. The molecule has 0 aromatic rings. The number of hydrogen-bond acceptors (Lipinski definition) is 3. The minimum absolute atomic E-state index is 0. The van der Waals surface area contributed by atoms with Crippen LogP contribution in [-0.4, -0.2) is 49.9 Å². The van der Waals surface area contributed by atoms with Gasteiger partial charge in [0.25, 0.3) is 0 Å². The predicted molar refractivity (Wildman–Crippen MR) is 64.6 cm³/mol. The number of carbonyl (C=O) groups excluding carboxylic acids is 2. The van der Waals surface area contributed by atoms with E-state index in [9.17, 15) is 9.59 Å². The molecule has 0 radical (unpaired) electrons. The summed E-state index contributed by atoms with van der Waals surface area (Å²) >= 11 is 0. The molecule has 1 heterocycles. The van der Waals surface area contributed by atoms with Crippen molar-refractivity contribution in [3.63, 3.8) is 0 Å².